The number of aliphatic hydroxyl groups is 4. The van der Waals surface area contributed by atoms with Gasteiger partial charge in [0.25, 0.3) is 0 Å². The first kappa shape index (κ1) is 27.3. The van der Waals surface area contributed by atoms with Crippen LogP contribution in [0.4, 0.5) is 0 Å². The normalized spacial score (nSPS) is 50.1. The van der Waals surface area contributed by atoms with Gasteiger partial charge in [-0.25, -0.2) is 0 Å². The monoisotopic (exact) mass is 588 g/mol. The molecule has 4 nitrogen and oxygen atoms in total. The number of halogens is 1. The van der Waals surface area contributed by atoms with E-state index in [4.69, 9.17) is 0 Å². The van der Waals surface area contributed by atoms with E-state index in [9.17, 15) is 20.4 Å². The molecule has 0 aromatic heterocycles. The highest BCUT2D eigenvalue weighted by Crippen LogP contribution is 2.76. The molecule has 0 radical (unpaired) electrons. The zero-order valence-corrected chi connectivity index (χ0v) is 24.4. The van der Waals surface area contributed by atoms with E-state index < -0.39 is 9.71 Å². The Bertz CT molecular complexity index is 808. The largest absolute Gasteiger partial charge is 0.393 e. The third-order valence-electron chi connectivity index (χ3n) is 12.2. The van der Waals surface area contributed by atoms with Crippen molar-refractivity contribution in [3.05, 3.63) is 11.6 Å². The Hall–Kier alpha value is 0.310. The van der Waals surface area contributed by atoms with Gasteiger partial charge in [-0.2, -0.15) is 0 Å². The van der Waals surface area contributed by atoms with Crippen LogP contribution in [0.3, 0.4) is 0 Å². The van der Waals surface area contributed by atoms with Gasteiger partial charge < -0.3 is 20.4 Å². The standard InChI is InChI=1S/C29H49IO4/c1-18(17-31)8-7-12-29(30,34)19-9-14-28(6)24(19)20(32)16-22-26(4)13-11-23(33)25(2,3)21(26)10-15-27(22,28)5/h8,19-24,31-34H,7,9-17H2,1-6H3/b18-8-/t19?,20?,21?,22?,23?,24?,26?,27?,28-,29?/m1/s1. The maximum Gasteiger partial charge on any atom is 0.119 e. The van der Waals surface area contributed by atoms with Crippen molar-refractivity contribution < 1.29 is 20.4 Å². The van der Waals surface area contributed by atoms with Gasteiger partial charge in [-0.1, -0.05) is 46.3 Å². The van der Waals surface area contributed by atoms with Crippen LogP contribution in [0.5, 0.6) is 0 Å². The molecule has 0 bridgehead atoms. The minimum Gasteiger partial charge on any atom is -0.393 e. The smallest absolute Gasteiger partial charge is 0.119 e. The lowest BCUT2D eigenvalue weighted by Crippen LogP contribution is -2.66. The zero-order valence-electron chi connectivity index (χ0n) is 22.3. The third kappa shape index (κ3) is 3.88. The van der Waals surface area contributed by atoms with Gasteiger partial charge in [-0.05, 0) is 127 Å². The number of allylic oxidation sites excluding steroid dienone is 1. The lowest BCUT2D eigenvalue weighted by molar-refractivity contribution is -0.244. The SMILES string of the molecule is C/C(=C/CCC(O)(I)C1CC[C@]2(C)C1C(O)CC1C3(C)CCC(O)C(C)(C)C3CCC12C)CO. The van der Waals surface area contributed by atoms with Crippen LogP contribution in [0.15, 0.2) is 11.6 Å². The van der Waals surface area contributed by atoms with Gasteiger partial charge in [0.1, 0.15) is 3.61 Å². The molecule has 4 N–H and O–H groups in total. The van der Waals surface area contributed by atoms with E-state index in [2.05, 4.69) is 57.2 Å². The molecule has 34 heavy (non-hydrogen) atoms. The first-order valence-corrected chi connectivity index (χ1v) is 14.8. The lowest BCUT2D eigenvalue weighted by atomic mass is 9.35. The lowest BCUT2D eigenvalue weighted by Gasteiger charge is -2.70. The molecule has 4 aliphatic carbocycles. The molecule has 4 saturated carbocycles. The van der Waals surface area contributed by atoms with Crippen molar-refractivity contribution in [1.82, 2.24) is 0 Å². The molecule has 0 aromatic carbocycles. The Morgan fingerprint density at radius 1 is 0.971 bits per heavy atom. The number of hydrogen-bond acceptors (Lipinski definition) is 4. The van der Waals surface area contributed by atoms with Crippen LogP contribution in [0.1, 0.15) is 99.3 Å². The van der Waals surface area contributed by atoms with Crippen molar-refractivity contribution in [2.75, 3.05) is 6.61 Å². The molecule has 4 fully saturated rings. The molecule has 0 aromatic rings. The molecule has 9 unspecified atom stereocenters. The fraction of sp³-hybridized carbons (Fsp3) is 0.931. The summed E-state index contributed by atoms with van der Waals surface area (Å²) in [6.45, 7) is 13.9. The summed E-state index contributed by atoms with van der Waals surface area (Å²) in [6, 6.07) is 0. The maximum absolute atomic E-state index is 11.8. The molecule has 4 aliphatic rings. The van der Waals surface area contributed by atoms with Crippen LogP contribution < -0.4 is 0 Å². The highest BCUT2D eigenvalue weighted by atomic mass is 127. The summed E-state index contributed by atoms with van der Waals surface area (Å²) in [7, 11) is 0. The Kier molecular flexibility index (Phi) is 7.20. The summed E-state index contributed by atoms with van der Waals surface area (Å²) < 4.78 is -0.853. The molecule has 0 heterocycles. The Morgan fingerprint density at radius 2 is 1.62 bits per heavy atom. The fourth-order valence-electron chi connectivity index (χ4n) is 10.0. The van der Waals surface area contributed by atoms with Crippen molar-refractivity contribution >= 4 is 22.6 Å². The number of rotatable bonds is 5. The number of fused-ring (bicyclic) bond motifs is 5. The summed E-state index contributed by atoms with van der Waals surface area (Å²) in [6.07, 6.45) is 9.87. The Balaban J connectivity index is 1.64. The zero-order chi connectivity index (χ0) is 25.3. The summed E-state index contributed by atoms with van der Waals surface area (Å²) in [4.78, 5) is 0. The van der Waals surface area contributed by atoms with Crippen molar-refractivity contribution in [3.63, 3.8) is 0 Å². The minimum atomic E-state index is -0.853. The van der Waals surface area contributed by atoms with Crippen LogP contribution in [0.2, 0.25) is 0 Å². The Labute approximate surface area is 221 Å². The average Bonchev–Trinajstić information content (AvgIpc) is 3.13. The fourth-order valence-corrected chi connectivity index (χ4v) is 11.0. The summed E-state index contributed by atoms with van der Waals surface area (Å²) in [5.74, 6) is 1.12. The van der Waals surface area contributed by atoms with Gasteiger partial charge in [0.05, 0.1) is 18.8 Å². The van der Waals surface area contributed by atoms with E-state index in [1.807, 2.05) is 13.0 Å². The molecule has 4 rings (SSSR count). The van der Waals surface area contributed by atoms with Crippen LogP contribution in [-0.2, 0) is 0 Å². The maximum atomic E-state index is 11.8. The quantitative estimate of drug-likeness (QED) is 0.185. The highest BCUT2D eigenvalue weighted by molar-refractivity contribution is 14.1. The highest BCUT2D eigenvalue weighted by Gasteiger charge is 2.71. The van der Waals surface area contributed by atoms with Crippen LogP contribution >= 0.6 is 22.6 Å². The molecule has 5 heteroatoms. The van der Waals surface area contributed by atoms with E-state index in [0.717, 1.165) is 56.9 Å². The molecule has 0 aliphatic heterocycles. The summed E-state index contributed by atoms with van der Waals surface area (Å²) >= 11 is 2.26. The number of alkyl halides is 1. The number of hydrogen-bond donors (Lipinski definition) is 4. The first-order chi connectivity index (χ1) is 15.6. The van der Waals surface area contributed by atoms with E-state index in [-0.39, 0.29) is 46.2 Å². The van der Waals surface area contributed by atoms with Gasteiger partial charge in [-0.3, -0.25) is 0 Å². The minimum absolute atomic E-state index is 0.00416. The predicted octanol–water partition coefficient (Wildman–Crippen LogP) is 5.85. The first-order valence-electron chi connectivity index (χ1n) is 13.7. The van der Waals surface area contributed by atoms with E-state index in [1.54, 1.807) is 0 Å². The summed E-state index contributed by atoms with van der Waals surface area (Å²) in [5.41, 5.74) is 1.13. The van der Waals surface area contributed by atoms with Crippen molar-refractivity contribution in [2.24, 2.45) is 45.3 Å². The molecule has 196 valence electrons. The van der Waals surface area contributed by atoms with Gasteiger partial charge in [0.2, 0.25) is 0 Å². The van der Waals surface area contributed by atoms with E-state index in [1.165, 1.54) is 0 Å². The third-order valence-corrected chi connectivity index (χ3v) is 13.5. The van der Waals surface area contributed by atoms with E-state index >= 15 is 0 Å². The molecular formula is C29H49IO4. The molecule has 10 atom stereocenters. The van der Waals surface area contributed by atoms with Crippen LogP contribution in [-0.4, -0.2) is 42.8 Å². The van der Waals surface area contributed by atoms with Gasteiger partial charge >= 0.3 is 0 Å². The van der Waals surface area contributed by atoms with Gasteiger partial charge in [0, 0.05) is 5.92 Å². The second-order valence-electron chi connectivity index (χ2n) is 13.9. The van der Waals surface area contributed by atoms with Gasteiger partial charge in [0.15, 0.2) is 0 Å². The van der Waals surface area contributed by atoms with Crippen LogP contribution in [0, 0.1) is 45.3 Å². The van der Waals surface area contributed by atoms with Gasteiger partial charge in [-0.15, -0.1) is 0 Å². The van der Waals surface area contributed by atoms with Crippen molar-refractivity contribution in [3.8, 4) is 0 Å². The second-order valence-corrected chi connectivity index (χ2v) is 15.8. The van der Waals surface area contributed by atoms with Crippen LogP contribution in [0.25, 0.3) is 0 Å². The topological polar surface area (TPSA) is 80.9 Å². The van der Waals surface area contributed by atoms with Crippen molar-refractivity contribution in [2.45, 2.75) is 115 Å². The summed E-state index contributed by atoms with van der Waals surface area (Å²) in [5, 5.41) is 43.6. The molecular weight excluding hydrogens is 539 g/mol. The van der Waals surface area contributed by atoms with E-state index in [0.29, 0.717) is 18.3 Å². The van der Waals surface area contributed by atoms with Crippen molar-refractivity contribution in [1.29, 1.82) is 0 Å². The molecule has 0 spiro atoms. The molecule has 0 amide bonds. The molecule has 0 saturated heterocycles. The predicted molar refractivity (Wildman–Crippen MR) is 145 cm³/mol. The average molecular weight is 589 g/mol. The second kappa shape index (κ2) is 8.96. The number of aliphatic hydroxyl groups excluding tert-OH is 3. The Morgan fingerprint density at radius 3 is 2.26 bits per heavy atom.